The zero-order valence-electron chi connectivity index (χ0n) is 12.1. The van der Waals surface area contributed by atoms with Gasteiger partial charge in [0.2, 0.25) is 5.91 Å². The molecule has 0 aliphatic heterocycles. The first-order valence-electron chi connectivity index (χ1n) is 6.63. The minimum Gasteiger partial charge on any atom is -0.497 e. The highest BCUT2D eigenvalue weighted by Crippen LogP contribution is 2.17. The molecule has 1 aromatic carbocycles. The molecule has 0 atom stereocenters. The highest BCUT2D eigenvalue weighted by atomic mass is 32.1. The summed E-state index contributed by atoms with van der Waals surface area (Å²) in [4.78, 5) is 16.5. The number of benzene rings is 1. The van der Waals surface area contributed by atoms with Crippen LogP contribution in [0.4, 0.5) is 0 Å². The van der Waals surface area contributed by atoms with E-state index in [1.54, 1.807) is 7.11 Å². The van der Waals surface area contributed by atoms with Crippen molar-refractivity contribution in [3.8, 4) is 11.5 Å². The normalized spacial score (nSPS) is 11.4. The third kappa shape index (κ3) is 4.75. The Morgan fingerprint density at radius 1 is 1.29 bits per heavy atom. The van der Waals surface area contributed by atoms with E-state index >= 15 is 0 Å². The van der Waals surface area contributed by atoms with Crippen LogP contribution in [0.15, 0.2) is 40.8 Å². The third-order valence-corrected chi connectivity index (χ3v) is 3.69. The van der Waals surface area contributed by atoms with E-state index in [1.165, 1.54) is 11.3 Å². The Bertz CT molecular complexity index is 643. The van der Waals surface area contributed by atoms with Crippen LogP contribution in [-0.4, -0.2) is 24.2 Å². The van der Waals surface area contributed by atoms with Gasteiger partial charge in [0.1, 0.15) is 11.5 Å². The summed E-state index contributed by atoms with van der Waals surface area (Å²) in [5.41, 5.74) is 0. The van der Waals surface area contributed by atoms with Crippen LogP contribution in [-0.2, 0) is 11.8 Å². The van der Waals surface area contributed by atoms with Crippen LogP contribution in [0.3, 0.4) is 0 Å². The smallest absolute Gasteiger partial charge is 0.248 e. The summed E-state index contributed by atoms with van der Waals surface area (Å²) < 4.78 is 12.5. The summed E-state index contributed by atoms with van der Waals surface area (Å²) in [6.45, 7) is 0.490. The SMILES string of the molecule is COc1ccc(OCCCC(=O)N=c2sccn2C)cc1. The molecule has 2 rings (SSSR count). The van der Waals surface area contributed by atoms with E-state index < -0.39 is 0 Å². The van der Waals surface area contributed by atoms with Gasteiger partial charge in [-0.05, 0) is 30.7 Å². The highest BCUT2D eigenvalue weighted by molar-refractivity contribution is 7.07. The van der Waals surface area contributed by atoms with E-state index in [4.69, 9.17) is 9.47 Å². The van der Waals surface area contributed by atoms with Crippen LogP contribution >= 0.6 is 11.3 Å². The molecule has 0 fully saturated rings. The topological polar surface area (TPSA) is 52.8 Å². The van der Waals surface area contributed by atoms with E-state index in [9.17, 15) is 4.79 Å². The summed E-state index contributed by atoms with van der Waals surface area (Å²) in [5.74, 6) is 1.44. The van der Waals surface area contributed by atoms with Crippen LogP contribution in [0.1, 0.15) is 12.8 Å². The zero-order valence-corrected chi connectivity index (χ0v) is 12.9. The molecule has 0 aliphatic rings. The molecule has 5 nitrogen and oxygen atoms in total. The van der Waals surface area contributed by atoms with Crippen LogP contribution in [0.2, 0.25) is 0 Å². The lowest BCUT2D eigenvalue weighted by Crippen LogP contribution is -2.12. The molecule has 1 heterocycles. The van der Waals surface area contributed by atoms with E-state index in [-0.39, 0.29) is 5.91 Å². The lowest BCUT2D eigenvalue weighted by molar-refractivity contribution is -0.118. The van der Waals surface area contributed by atoms with Crippen molar-refractivity contribution >= 4 is 17.2 Å². The Balaban J connectivity index is 1.74. The molecule has 1 aromatic heterocycles. The van der Waals surface area contributed by atoms with Crippen LogP contribution in [0.25, 0.3) is 0 Å². The maximum atomic E-state index is 11.7. The predicted octanol–water partition coefficient (Wildman–Crippen LogP) is 2.38. The van der Waals surface area contributed by atoms with Crippen molar-refractivity contribution in [2.75, 3.05) is 13.7 Å². The first-order valence-corrected chi connectivity index (χ1v) is 7.51. The van der Waals surface area contributed by atoms with E-state index in [0.717, 1.165) is 16.3 Å². The number of thiazole rings is 1. The van der Waals surface area contributed by atoms with Gasteiger partial charge in [0.25, 0.3) is 0 Å². The molecule has 6 heteroatoms. The molecular formula is C15H18N2O3S. The van der Waals surface area contributed by atoms with Gasteiger partial charge in [-0.15, -0.1) is 11.3 Å². The van der Waals surface area contributed by atoms with Gasteiger partial charge in [0, 0.05) is 25.0 Å². The second kappa shape index (κ2) is 7.64. The fourth-order valence-electron chi connectivity index (χ4n) is 1.68. The number of carbonyl (C=O) groups excluding carboxylic acids is 1. The Morgan fingerprint density at radius 3 is 2.62 bits per heavy atom. The molecule has 2 aromatic rings. The fourth-order valence-corrected chi connectivity index (χ4v) is 2.43. The van der Waals surface area contributed by atoms with Crippen LogP contribution in [0, 0.1) is 0 Å². The summed E-state index contributed by atoms with van der Waals surface area (Å²) in [6.07, 6.45) is 2.90. The number of hydrogen-bond acceptors (Lipinski definition) is 4. The first kappa shape index (κ1) is 15.3. The van der Waals surface area contributed by atoms with Gasteiger partial charge in [0.15, 0.2) is 4.80 Å². The molecule has 0 spiro atoms. The number of aromatic nitrogens is 1. The monoisotopic (exact) mass is 306 g/mol. The highest BCUT2D eigenvalue weighted by Gasteiger charge is 2.01. The average Bonchev–Trinajstić information content (AvgIpc) is 2.89. The van der Waals surface area contributed by atoms with Crippen molar-refractivity contribution in [3.05, 3.63) is 40.6 Å². The zero-order chi connectivity index (χ0) is 15.1. The molecule has 0 radical (unpaired) electrons. The van der Waals surface area contributed by atoms with Crippen molar-refractivity contribution in [2.24, 2.45) is 12.0 Å². The molecule has 112 valence electrons. The Labute approximate surface area is 127 Å². The minimum atomic E-state index is -0.119. The van der Waals surface area contributed by atoms with Gasteiger partial charge in [-0.3, -0.25) is 4.79 Å². The number of ether oxygens (including phenoxy) is 2. The maximum Gasteiger partial charge on any atom is 0.248 e. The van der Waals surface area contributed by atoms with Gasteiger partial charge in [-0.25, -0.2) is 0 Å². The van der Waals surface area contributed by atoms with Gasteiger partial charge in [-0.2, -0.15) is 4.99 Å². The quantitative estimate of drug-likeness (QED) is 0.770. The van der Waals surface area contributed by atoms with Gasteiger partial charge in [0.05, 0.1) is 13.7 Å². The summed E-state index contributed by atoms with van der Waals surface area (Å²) in [7, 11) is 3.49. The largest absolute Gasteiger partial charge is 0.497 e. The summed E-state index contributed by atoms with van der Waals surface area (Å²) >= 11 is 1.45. The fraction of sp³-hybridized carbons (Fsp3) is 0.333. The number of hydrogen-bond donors (Lipinski definition) is 0. The molecule has 1 amide bonds. The number of aryl methyl sites for hydroxylation is 1. The maximum absolute atomic E-state index is 11.7. The molecule has 0 unspecified atom stereocenters. The standard InChI is InChI=1S/C15H18N2O3S/c1-17-9-11-21-15(17)16-14(18)4-3-10-20-13-7-5-12(19-2)6-8-13/h5-9,11H,3-4,10H2,1-2H3. The molecule has 21 heavy (non-hydrogen) atoms. The van der Waals surface area contributed by atoms with E-state index in [1.807, 2.05) is 47.5 Å². The molecule has 0 saturated carbocycles. The number of rotatable bonds is 6. The number of carbonyl (C=O) groups is 1. The Hall–Kier alpha value is -2.08. The number of amides is 1. The van der Waals surface area contributed by atoms with Crippen molar-refractivity contribution < 1.29 is 14.3 Å². The van der Waals surface area contributed by atoms with Crippen molar-refractivity contribution in [3.63, 3.8) is 0 Å². The summed E-state index contributed by atoms with van der Waals surface area (Å²) in [6, 6.07) is 7.37. The minimum absolute atomic E-state index is 0.119. The van der Waals surface area contributed by atoms with Gasteiger partial charge in [-0.1, -0.05) is 0 Å². The summed E-state index contributed by atoms with van der Waals surface area (Å²) in [5, 5.41) is 1.90. The predicted molar refractivity (Wildman–Crippen MR) is 81.6 cm³/mol. The Kier molecular flexibility index (Phi) is 5.57. The molecule has 0 N–H and O–H groups in total. The van der Waals surface area contributed by atoms with Gasteiger partial charge < -0.3 is 14.0 Å². The molecular weight excluding hydrogens is 288 g/mol. The van der Waals surface area contributed by atoms with Crippen molar-refractivity contribution in [2.45, 2.75) is 12.8 Å². The Morgan fingerprint density at radius 2 is 2.00 bits per heavy atom. The van der Waals surface area contributed by atoms with E-state index in [0.29, 0.717) is 19.4 Å². The van der Waals surface area contributed by atoms with Crippen molar-refractivity contribution in [1.82, 2.24) is 4.57 Å². The molecule has 0 aliphatic carbocycles. The van der Waals surface area contributed by atoms with Crippen molar-refractivity contribution in [1.29, 1.82) is 0 Å². The molecule has 0 bridgehead atoms. The van der Waals surface area contributed by atoms with Crippen LogP contribution in [0.5, 0.6) is 11.5 Å². The second-order valence-corrected chi connectivity index (χ2v) is 5.30. The third-order valence-electron chi connectivity index (χ3n) is 2.84. The number of nitrogens with zero attached hydrogens (tertiary/aromatic N) is 2. The van der Waals surface area contributed by atoms with E-state index in [2.05, 4.69) is 4.99 Å². The number of methoxy groups -OCH3 is 1. The average molecular weight is 306 g/mol. The molecule has 0 saturated heterocycles. The van der Waals surface area contributed by atoms with Gasteiger partial charge >= 0.3 is 0 Å². The lowest BCUT2D eigenvalue weighted by Gasteiger charge is -2.06. The lowest BCUT2D eigenvalue weighted by atomic mass is 10.3. The first-order chi connectivity index (χ1) is 10.2. The second-order valence-electron chi connectivity index (χ2n) is 4.43. The van der Waals surface area contributed by atoms with Crippen LogP contribution < -0.4 is 14.3 Å².